The maximum absolute atomic E-state index is 8.78. The summed E-state index contributed by atoms with van der Waals surface area (Å²) < 4.78 is 39.6. The second-order valence-electron chi connectivity index (χ2n) is 12.3. The predicted molar refractivity (Wildman–Crippen MR) is 233 cm³/mol. The molecule has 3 N–H and O–H groups in total. The Labute approximate surface area is 355 Å². The van der Waals surface area contributed by atoms with Crippen LogP contribution in [-0.4, -0.2) is 78.3 Å². The highest BCUT2D eigenvalue weighted by atomic mass is 128. The lowest BCUT2D eigenvalue weighted by molar-refractivity contribution is -0.352. The van der Waals surface area contributed by atoms with Crippen LogP contribution in [0.4, 0.5) is 11.4 Å². The lowest BCUT2D eigenvalue weighted by Gasteiger charge is -2.29. The number of hydrogen-bond donors (Lipinski definition) is 2. The van der Waals surface area contributed by atoms with Crippen LogP contribution in [0.1, 0.15) is 63.7 Å². The van der Waals surface area contributed by atoms with Crippen molar-refractivity contribution in [3.63, 3.8) is 0 Å². The van der Waals surface area contributed by atoms with E-state index in [1.54, 1.807) is 52.3 Å². The van der Waals surface area contributed by atoms with Gasteiger partial charge in [0.1, 0.15) is 33.6 Å². The first-order valence-corrected chi connectivity index (χ1v) is 23.4. The molecule has 0 unspecified atom stereocenters. The van der Waals surface area contributed by atoms with E-state index < -0.39 is 5.97 Å². The molecule has 0 saturated carbocycles. The van der Waals surface area contributed by atoms with Crippen LogP contribution in [0, 0.1) is 29.6 Å². The van der Waals surface area contributed by atoms with Crippen molar-refractivity contribution in [2.24, 2.45) is 0 Å². The number of aryl methyl sites for hydroxylation is 1. The second-order valence-corrected chi connectivity index (χ2v) is 12.3. The van der Waals surface area contributed by atoms with E-state index >= 15 is 0 Å². The number of furan rings is 2. The molecular weight excluding hydrogens is 1040 g/mol. The number of nitrogens with zero attached hydrogens (tertiary/aromatic N) is 6. The fraction of sp³-hybridized carbons (Fsp3) is 0.528. The summed E-state index contributed by atoms with van der Waals surface area (Å²) in [4.78, 5) is 13.2. The fourth-order valence-corrected chi connectivity index (χ4v) is 6.44. The van der Waals surface area contributed by atoms with Gasteiger partial charge in [-0.05, 0) is 32.6 Å². The number of aromatic nitrogens is 4. The zero-order chi connectivity index (χ0) is 38.4. The molecule has 0 bridgehead atoms. The molecule has 7 heterocycles. The van der Waals surface area contributed by atoms with Gasteiger partial charge in [-0.25, -0.2) is 4.98 Å². The van der Waals surface area contributed by atoms with Crippen molar-refractivity contribution < 1.29 is 32.5 Å². The van der Waals surface area contributed by atoms with Gasteiger partial charge in [-0.15, -0.1) is 24.0 Å². The van der Waals surface area contributed by atoms with Crippen molar-refractivity contribution >= 4 is 106 Å². The minimum Gasteiger partial charge on any atom is -0.460 e. The van der Waals surface area contributed by atoms with Crippen molar-refractivity contribution in [3.8, 4) is 12.1 Å². The fourth-order valence-electron chi connectivity index (χ4n) is 6.44. The summed E-state index contributed by atoms with van der Waals surface area (Å²) in [5.74, 6) is 0.105. The third-order valence-electron chi connectivity index (χ3n) is 9.24. The highest BCUT2D eigenvalue weighted by Gasteiger charge is 2.28. The predicted octanol–water partition coefficient (Wildman–Crippen LogP) is 8.78. The molecule has 0 radical (unpaired) electrons. The number of pyridine rings is 2. The summed E-state index contributed by atoms with van der Waals surface area (Å²) in [7, 11) is 4.66. The van der Waals surface area contributed by atoms with E-state index in [0.29, 0.717) is 43.7 Å². The number of nitriles is 2. The first-order valence-electron chi connectivity index (χ1n) is 17.2. The van der Waals surface area contributed by atoms with E-state index in [0.717, 1.165) is 64.8 Å². The number of hydrogen-bond acceptors (Lipinski definition) is 14. The third-order valence-corrected chi connectivity index (χ3v) is 9.24. The van der Waals surface area contributed by atoms with Gasteiger partial charge in [-0.2, -0.15) is 10.5 Å². The molecule has 7 rings (SSSR count). The summed E-state index contributed by atoms with van der Waals surface area (Å²) in [5, 5.41) is 20.8. The van der Waals surface area contributed by atoms with Crippen LogP contribution in [0.5, 0.6) is 0 Å². The Hall–Kier alpha value is -2.58. The Morgan fingerprint density at radius 3 is 1.98 bits per heavy atom. The summed E-state index contributed by atoms with van der Waals surface area (Å²) in [6.45, 7) is 5.09. The van der Waals surface area contributed by atoms with Gasteiger partial charge in [0.05, 0.1) is 87.1 Å². The molecule has 4 atom stereocenters. The molecule has 18 heteroatoms. The van der Waals surface area contributed by atoms with Gasteiger partial charge in [0, 0.05) is 83.2 Å². The van der Waals surface area contributed by atoms with Gasteiger partial charge in [0.2, 0.25) is 0 Å². The lowest BCUT2D eigenvalue weighted by Crippen LogP contribution is -2.34. The summed E-state index contributed by atoms with van der Waals surface area (Å²) in [5.41, 5.74) is 12.2. The van der Waals surface area contributed by atoms with E-state index in [4.69, 9.17) is 48.8 Å². The van der Waals surface area contributed by atoms with Crippen molar-refractivity contribution in [2.45, 2.75) is 89.1 Å². The van der Waals surface area contributed by atoms with Gasteiger partial charge < -0.3 is 48.1 Å². The minimum atomic E-state index is -0.833. The van der Waals surface area contributed by atoms with Crippen LogP contribution in [-0.2, 0) is 23.7 Å². The quantitative estimate of drug-likeness (QED) is 0.105. The molecule has 0 aliphatic carbocycles. The number of fused-ring (bicyclic) bond motifs is 4. The van der Waals surface area contributed by atoms with Gasteiger partial charge >= 0.3 is 0 Å². The number of nitrogens with two attached hydrogens (primary N) is 1. The summed E-state index contributed by atoms with van der Waals surface area (Å²) in [6.07, 6.45) is 12.1. The minimum absolute atomic E-state index is 0. The molecule has 15 nitrogen and oxygen atoms in total. The Bertz CT molecular complexity index is 1940. The Balaban J connectivity index is 0.000000228. The topological polar surface area (TPSA) is 202 Å². The smallest absolute Gasteiger partial charge is 0.281 e. The van der Waals surface area contributed by atoms with Crippen LogP contribution in [0.3, 0.4) is 0 Å². The highest BCUT2D eigenvalue weighted by molar-refractivity contribution is 15.0. The SMILES string of the molecule is CCC(OC)(OC)OC.Cc1nc2cnc3ccoc3c2n1[C@H]1CC[C@H](CC#N)OC1.I.II.N#CC[C@H]1CC[C@H](Nc2c(N)cnc3ccoc23)CO1. The Kier molecular flexibility index (Phi) is 19.4. The maximum atomic E-state index is 8.78. The van der Waals surface area contributed by atoms with E-state index in [9.17, 15) is 0 Å². The van der Waals surface area contributed by atoms with Gasteiger partial charge in [0.15, 0.2) is 11.2 Å². The number of ether oxygens (including phenoxy) is 5. The largest absolute Gasteiger partial charge is 0.460 e. The lowest BCUT2D eigenvalue weighted by atomic mass is 10.0. The molecular formula is C36H47I3N8O7. The van der Waals surface area contributed by atoms with Crippen molar-refractivity contribution in [1.82, 2.24) is 19.5 Å². The second kappa shape index (κ2) is 22.8. The van der Waals surface area contributed by atoms with Crippen molar-refractivity contribution in [2.75, 3.05) is 45.6 Å². The van der Waals surface area contributed by atoms with Gasteiger partial charge in [-0.1, -0.05) is 6.92 Å². The molecule has 0 spiro atoms. The van der Waals surface area contributed by atoms with Gasteiger partial charge in [0.25, 0.3) is 5.97 Å². The molecule has 294 valence electrons. The number of rotatable bonds is 9. The number of halogens is 3. The molecule has 5 aromatic heterocycles. The van der Waals surface area contributed by atoms with Crippen LogP contribution in [0.15, 0.2) is 45.9 Å². The maximum Gasteiger partial charge on any atom is 0.281 e. The van der Waals surface area contributed by atoms with Crippen LogP contribution in [0.2, 0.25) is 0 Å². The standard InChI is InChI=1S/C16H16N4O2.C14H16N4O2.C6H14O3.I2.HI/c1-10-19-14-8-18-13-5-7-21-16(13)15(14)20(10)11-2-3-12(4-6-17)22-9-11;15-5-3-10-2-1-9(8-20-10)18-13-11(16)7-17-12-4-6-19-14(12)13;1-5-6(7-2,8-3)9-4;1-2;/h5,7-8,11-12H,2-4,9H2,1H3;4,6-7,9-10H,1-3,8,16H2,(H,17,18);5H2,1-4H3;;1H/t11-,12+;9-,10+;;;/m00.../s1. The number of methoxy groups -OCH3 is 3. The molecule has 2 aliphatic rings. The first-order chi connectivity index (χ1) is 25.8. The van der Waals surface area contributed by atoms with E-state index in [1.165, 1.54) is 0 Å². The van der Waals surface area contributed by atoms with E-state index in [2.05, 4.69) is 74.2 Å². The van der Waals surface area contributed by atoms with Gasteiger partial charge in [-0.3, -0.25) is 9.97 Å². The average Bonchev–Trinajstić information content (AvgIpc) is 3.95. The van der Waals surface area contributed by atoms with E-state index in [1.807, 2.05) is 19.9 Å². The van der Waals surface area contributed by atoms with Crippen LogP contribution >= 0.6 is 61.2 Å². The molecule has 2 aliphatic heterocycles. The van der Waals surface area contributed by atoms with Crippen molar-refractivity contribution in [3.05, 3.63) is 42.9 Å². The zero-order valence-corrected chi connectivity index (χ0v) is 37.6. The number of anilines is 2. The molecule has 0 amide bonds. The molecule has 54 heavy (non-hydrogen) atoms. The first kappa shape index (κ1) is 45.8. The molecule has 0 aromatic carbocycles. The monoisotopic (exact) mass is 1080 g/mol. The number of nitrogens with one attached hydrogen (secondary N) is 1. The number of nitrogen functional groups attached to an aromatic ring is 1. The van der Waals surface area contributed by atoms with E-state index in [-0.39, 0.29) is 48.3 Å². The molecule has 5 aromatic rings. The van der Waals surface area contributed by atoms with Crippen LogP contribution < -0.4 is 11.1 Å². The van der Waals surface area contributed by atoms with Crippen molar-refractivity contribution in [1.29, 1.82) is 10.5 Å². The number of imidazole rings is 1. The normalized spacial score (nSPS) is 19.5. The molecule has 2 saturated heterocycles. The summed E-state index contributed by atoms with van der Waals surface area (Å²) >= 11 is 4.24. The Morgan fingerprint density at radius 2 is 1.46 bits per heavy atom. The van der Waals surface area contributed by atoms with Crippen LogP contribution in [0.25, 0.3) is 33.2 Å². The third kappa shape index (κ3) is 11.3. The summed E-state index contributed by atoms with van der Waals surface area (Å²) in [6, 6.07) is 8.38. The average molecular weight is 1080 g/mol. The zero-order valence-electron chi connectivity index (χ0n) is 30.9. The Morgan fingerprint density at radius 1 is 0.889 bits per heavy atom. The highest BCUT2D eigenvalue weighted by Crippen LogP contribution is 2.33. The molecule has 2 fully saturated rings.